The van der Waals surface area contributed by atoms with Gasteiger partial charge in [-0.2, -0.15) is 0 Å². The van der Waals surface area contributed by atoms with Crippen LogP contribution in [0.3, 0.4) is 0 Å². The molecule has 0 fully saturated rings. The summed E-state index contributed by atoms with van der Waals surface area (Å²) in [5.74, 6) is 0.627. The molecule has 10 heavy (non-hydrogen) atoms. The normalized spacial score (nSPS) is 40.1. The van der Waals surface area contributed by atoms with Crippen molar-refractivity contribution in [2.24, 2.45) is 11.3 Å². The van der Waals surface area contributed by atoms with Gasteiger partial charge in [0.15, 0.2) is 0 Å². The van der Waals surface area contributed by atoms with Gasteiger partial charge < -0.3 is 5.11 Å². The third kappa shape index (κ3) is 1.24. The highest BCUT2D eigenvalue weighted by Crippen LogP contribution is 2.36. The van der Waals surface area contributed by atoms with Crippen LogP contribution < -0.4 is 0 Å². The molecule has 0 spiro atoms. The molecule has 0 radical (unpaired) electrons. The zero-order valence-corrected chi connectivity index (χ0v) is 6.80. The van der Waals surface area contributed by atoms with Crippen LogP contribution in [0.5, 0.6) is 0 Å². The Labute approximate surface area is 62.8 Å². The Morgan fingerprint density at radius 3 is 2.70 bits per heavy atom. The first-order valence-corrected chi connectivity index (χ1v) is 3.95. The van der Waals surface area contributed by atoms with Crippen molar-refractivity contribution >= 4 is 0 Å². The van der Waals surface area contributed by atoms with E-state index < -0.39 is 0 Å². The summed E-state index contributed by atoms with van der Waals surface area (Å²) in [6.45, 7) is 4.68. The van der Waals surface area contributed by atoms with Crippen LogP contribution in [0.4, 0.5) is 0 Å². The highest BCUT2D eigenvalue weighted by atomic mass is 16.3. The molecule has 0 heterocycles. The van der Waals surface area contributed by atoms with Crippen LogP contribution in [0.1, 0.15) is 26.7 Å². The van der Waals surface area contributed by atoms with Gasteiger partial charge in [0.1, 0.15) is 0 Å². The third-order valence-electron chi connectivity index (χ3n) is 2.79. The van der Waals surface area contributed by atoms with Gasteiger partial charge in [-0.15, -0.1) is 0 Å². The van der Waals surface area contributed by atoms with Crippen LogP contribution in [-0.2, 0) is 0 Å². The number of allylic oxidation sites excluding steroid dienone is 2. The minimum absolute atomic E-state index is 0.148. The highest BCUT2D eigenvalue weighted by molar-refractivity contribution is 4.98. The molecule has 0 saturated carbocycles. The summed E-state index contributed by atoms with van der Waals surface area (Å²) in [6.07, 6.45) is 6.54. The van der Waals surface area contributed by atoms with Crippen molar-refractivity contribution in [3.8, 4) is 0 Å². The number of aliphatic hydroxyl groups is 1. The fourth-order valence-electron chi connectivity index (χ4n) is 1.36. The van der Waals surface area contributed by atoms with E-state index in [2.05, 4.69) is 26.0 Å². The van der Waals surface area contributed by atoms with E-state index in [1.807, 2.05) is 0 Å². The van der Waals surface area contributed by atoms with Gasteiger partial charge in [-0.1, -0.05) is 26.0 Å². The quantitative estimate of drug-likeness (QED) is 0.552. The Kier molecular flexibility index (Phi) is 2.14. The predicted molar refractivity (Wildman–Crippen MR) is 42.7 cm³/mol. The zero-order chi connectivity index (χ0) is 7.61. The molecule has 0 amide bonds. The molecule has 0 aromatic rings. The zero-order valence-electron chi connectivity index (χ0n) is 6.80. The average Bonchev–Trinajstić information content (AvgIpc) is 1.96. The van der Waals surface area contributed by atoms with Crippen LogP contribution in [0, 0.1) is 11.3 Å². The van der Waals surface area contributed by atoms with Crippen molar-refractivity contribution in [1.82, 2.24) is 0 Å². The Morgan fingerprint density at radius 2 is 2.30 bits per heavy atom. The van der Waals surface area contributed by atoms with Crippen LogP contribution in [-0.4, -0.2) is 11.7 Å². The fourth-order valence-corrected chi connectivity index (χ4v) is 1.36. The molecule has 0 unspecified atom stereocenters. The van der Waals surface area contributed by atoms with Gasteiger partial charge in [0.05, 0.1) is 0 Å². The number of aliphatic hydroxyl groups excluding tert-OH is 1. The van der Waals surface area contributed by atoms with Gasteiger partial charge in [0.2, 0.25) is 0 Å². The first-order valence-electron chi connectivity index (χ1n) is 3.95. The Morgan fingerprint density at radius 1 is 1.60 bits per heavy atom. The molecule has 0 saturated heterocycles. The molecule has 0 aromatic carbocycles. The molecule has 0 bridgehead atoms. The third-order valence-corrected chi connectivity index (χ3v) is 2.79. The van der Waals surface area contributed by atoms with E-state index in [4.69, 9.17) is 5.11 Å². The molecule has 1 N–H and O–H groups in total. The molecule has 2 atom stereocenters. The summed E-state index contributed by atoms with van der Waals surface area (Å²) in [6, 6.07) is 0. The van der Waals surface area contributed by atoms with Gasteiger partial charge in [-0.3, -0.25) is 0 Å². The minimum Gasteiger partial charge on any atom is -0.396 e. The molecule has 1 aliphatic rings. The van der Waals surface area contributed by atoms with E-state index in [1.165, 1.54) is 0 Å². The maximum atomic E-state index is 9.09. The van der Waals surface area contributed by atoms with Crippen molar-refractivity contribution < 1.29 is 5.11 Å². The fraction of sp³-hybridized carbons (Fsp3) is 0.778. The lowest BCUT2D eigenvalue weighted by atomic mass is 9.72. The molecule has 1 rings (SSSR count). The Balaban J connectivity index is 2.66. The van der Waals surface area contributed by atoms with Crippen molar-refractivity contribution in [1.29, 1.82) is 0 Å². The summed E-state index contributed by atoms with van der Waals surface area (Å²) in [4.78, 5) is 0. The van der Waals surface area contributed by atoms with Crippen molar-refractivity contribution in [3.05, 3.63) is 12.2 Å². The van der Waals surface area contributed by atoms with E-state index in [-0.39, 0.29) is 5.41 Å². The Hall–Kier alpha value is -0.300. The second-order valence-corrected chi connectivity index (χ2v) is 3.62. The Bertz CT molecular complexity index is 140. The van der Waals surface area contributed by atoms with Crippen LogP contribution >= 0.6 is 0 Å². The number of rotatable bonds is 1. The summed E-state index contributed by atoms with van der Waals surface area (Å²) in [5.41, 5.74) is 0.148. The van der Waals surface area contributed by atoms with E-state index in [1.54, 1.807) is 0 Å². The lowest BCUT2D eigenvalue weighted by molar-refractivity contribution is 0.0850. The van der Waals surface area contributed by atoms with Crippen molar-refractivity contribution in [2.45, 2.75) is 26.7 Å². The van der Waals surface area contributed by atoms with Crippen molar-refractivity contribution in [2.75, 3.05) is 6.61 Å². The van der Waals surface area contributed by atoms with Crippen molar-refractivity contribution in [3.63, 3.8) is 0 Å². The van der Waals surface area contributed by atoms with Gasteiger partial charge >= 0.3 is 0 Å². The number of hydrogen-bond acceptors (Lipinski definition) is 1. The summed E-state index contributed by atoms with van der Waals surface area (Å²) in [5, 5.41) is 9.09. The molecule has 1 heteroatoms. The van der Waals surface area contributed by atoms with E-state index in [0.29, 0.717) is 12.5 Å². The minimum atomic E-state index is 0.148. The summed E-state index contributed by atoms with van der Waals surface area (Å²) in [7, 11) is 0. The molecule has 0 aromatic heterocycles. The smallest absolute Gasteiger partial charge is 0.0490 e. The maximum Gasteiger partial charge on any atom is 0.0490 e. The molecular weight excluding hydrogens is 124 g/mol. The monoisotopic (exact) mass is 140 g/mol. The first-order chi connectivity index (χ1) is 4.69. The van der Waals surface area contributed by atoms with E-state index >= 15 is 0 Å². The molecular formula is C9H16O. The standard InChI is InChI=1S/C9H16O/c1-8-5-3-4-6-9(8,2)7-10/h3-4,8,10H,5-7H2,1-2H3/t8-,9+/m1/s1. The summed E-state index contributed by atoms with van der Waals surface area (Å²) < 4.78 is 0. The van der Waals surface area contributed by atoms with Gasteiger partial charge in [0, 0.05) is 6.61 Å². The van der Waals surface area contributed by atoms with E-state index in [9.17, 15) is 0 Å². The topological polar surface area (TPSA) is 20.2 Å². The predicted octanol–water partition coefficient (Wildman–Crippen LogP) is 1.97. The molecule has 1 nitrogen and oxygen atoms in total. The maximum absolute atomic E-state index is 9.09. The van der Waals surface area contributed by atoms with Gasteiger partial charge in [-0.05, 0) is 24.2 Å². The average molecular weight is 140 g/mol. The van der Waals surface area contributed by atoms with Crippen LogP contribution in [0.15, 0.2) is 12.2 Å². The second-order valence-electron chi connectivity index (χ2n) is 3.62. The van der Waals surface area contributed by atoms with Crippen LogP contribution in [0.2, 0.25) is 0 Å². The summed E-state index contributed by atoms with van der Waals surface area (Å²) >= 11 is 0. The SMILES string of the molecule is C[C@@H]1CC=CC[C@@]1(C)CO. The van der Waals surface area contributed by atoms with Gasteiger partial charge in [0.25, 0.3) is 0 Å². The molecule has 58 valence electrons. The molecule has 0 aliphatic heterocycles. The largest absolute Gasteiger partial charge is 0.396 e. The number of hydrogen-bond donors (Lipinski definition) is 1. The lowest BCUT2D eigenvalue weighted by Crippen LogP contribution is -2.30. The van der Waals surface area contributed by atoms with Crippen LogP contribution in [0.25, 0.3) is 0 Å². The molecule has 1 aliphatic carbocycles. The van der Waals surface area contributed by atoms with Gasteiger partial charge in [-0.25, -0.2) is 0 Å². The highest BCUT2D eigenvalue weighted by Gasteiger charge is 2.30. The first kappa shape index (κ1) is 7.80. The lowest BCUT2D eigenvalue weighted by Gasteiger charge is -2.35. The second kappa shape index (κ2) is 2.75. The van der Waals surface area contributed by atoms with E-state index in [0.717, 1.165) is 12.8 Å².